The normalized spacial score (nSPS) is 14.4. The van der Waals surface area contributed by atoms with Gasteiger partial charge in [-0.15, -0.1) is 0 Å². The van der Waals surface area contributed by atoms with Gasteiger partial charge in [-0.3, -0.25) is 0 Å². The molecule has 0 saturated carbocycles. The summed E-state index contributed by atoms with van der Waals surface area (Å²) in [7, 11) is 0. The number of aromatic nitrogens is 2. The smallest absolute Gasteiger partial charge is 0.129 e. The van der Waals surface area contributed by atoms with Crippen LogP contribution < -0.4 is 4.74 Å². The zero-order chi connectivity index (χ0) is 38.6. The van der Waals surface area contributed by atoms with Gasteiger partial charge >= 0.3 is 0 Å². The molecule has 11 rings (SSSR count). The zero-order valence-corrected chi connectivity index (χ0v) is 31.8. The van der Waals surface area contributed by atoms with Gasteiger partial charge in [-0.05, 0) is 106 Å². The summed E-state index contributed by atoms with van der Waals surface area (Å²) in [6.45, 7) is 4.74. The van der Waals surface area contributed by atoms with Crippen LogP contribution in [0.4, 0.5) is 0 Å². The summed E-state index contributed by atoms with van der Waals surface area (Å²) in [6.07, 6.45) is 6.34. The molecule has 0 fully saturated rings. The number of ether oxygens (including phenoxy) is 1. The lowest BCUT2D eigenvalue weighted by molar-refractivity contribution is 0.364. The molecule has 3 heterocycles. The standard InChI is InChI=1S/C55H38N2O/c1-37-14-13-21-45(36-58-55-23-12-11-22-46(37)55)57-51-29-25-40(38-15-5-2-6-16-38)32-48(51)47-28-24-43(35-54(47)57)42-27-31-53-50(34-42)49-33-41(39-17-7-3-8-18-39)26-30-52(49)56(53)44-19-9-4-10-20-44/h2-35H,1,36H2/b14-13-,45-21+. The third kappa shape index (κ3) is 5.67. The predicted octanol–water partition coefficient (Wildman–Crippen LogP) is 14.4. The fourth-order valence-corrected chi connectivity index (χ4v) is 8.75. The largest absolute Gasteiger partial charge is 0.487 e. The summed E-state index contributed by atoms with van der Waals surface area (Å²) in [6, 6.07) is 67.7. The van der Waals surface area contributed by atoms with E-state index in [1.165, 1.54) is 60.4 Å². The molecule has 0 amide bonds. The molecular weight excluding hydrogens is 705 g/mol. The van der Waals surface area contributed by atoms with E-state index in [0.717, 1.165) is 44.9 Å². The van der Waals surface area contributed by atoms with Gasteiger partial charge in [0.2, 0.25) is 0 Å². The van der Waals surface area contributed by atoms with Gasteiger partial charge in [-0.25, -0.2) is 0 Å². The molecule has 8 aromatic carbocycles. The van der Waals surface area contributed by atoms with Crippen LogP contribution in [-0.2, 0) is 0 Å². The van der Waals surface area contributed by atoms with Crippen LogP contribution in [-0.4, -0.2) is 15.7 Å². The fraction of sp³-hybridized carbons (Fsp3) is 0.0182. The Morgan fingerprint density at radius 2 is 0.914 bits per heavy atom. The molecule has 3 heteroatoms. The quantitative estimate of drug-likeness (QED) is 0.172. The summed E-state index contributed by atoms with van der Waals surface area (Å²) in [5.74, 6) is 0.830. The summed E-state index contributed by atoms with van der Waals surface area (Å²) in [5.41, 5.74) is 15.9. The number of nitrogens with zero attached hydrogens (tertiary/aromatic N) is 2. The Morgan fingerprint density at radius 3 is 1.55 bits per heavy atom. The van der Waals surface area contributed by atoms with Crippen molar-refractivity contribution in [2.75, 3.05) is 6.61 Å². The van der Waals surface area contributed by atoms with Crippen LogP contribution in [0.5, 0.6) is 5.75 Å². The minimum atomic E-state index is 0.396. The molecule has 0 atom stereocenters. The van der Waals surface area contributed by atoms with Crippen molar-refractivity contribution in [1.29, 1.82) is 0 Å². The third-order valence-corrected chi connectivity index (χ3v) is 11.6. The first kappa shape index (κ1) is 33.7. The van der Waals surface area contributed by atoms with E-state index in [4.69, 9.17) is 4.74 Å². The maximum atomic E-state index is 6.60. The highest BCUT2D eigenvalue weighted by atomic mass is 16.5. The van der Waals surface area contributed by atoms with Crippen LogP contribution >= 0.6 is 0 Å². The number of fused-ring (bicyclic) bond motifs is 7. The van der Waals surface area contributed by atoms with Crippen molar-refractivity contribution < 1.29 is 4.74 Å². The number of hydrogen-bond donors (Lipinski definition) is 0. The second kappa shape index (κ2) is 13.8. The molecule has 0 unspecified atom stereocenters. The van der Waals surface area contributed by atoms with Crippen molar-refractivity contribution in [3.63, 3.8) is 0 Å². The van der Waals surface area contributed by atoms with Crippen LogP contribution in [0.3, 0.4) is 0 Å². The van der Waals surface area contributed by atoms with Gasteiger partial charge in [-0.2, -0.15) is 0 Å². The fourth-order valence-electron chi connectivity index (χ4n) is 8.75. The number of hydrogen-bond acceptors (Lipinski definition) is 1. The Labute approximate surface area is 337 Å². The Balaban J connectivity index is 1.12. The van der Waals surface area contributed by atoms with Crippen molar-refractivity contribution in [3.05, 3.63) is 218 Å². The first-order valence-corrected chi connectivity index (χ1v) is 19.8. The lowest BCUT2D eigenvalue weighted by atomic mass is 9.99. The molecule has 0 radical (unpaired) electrons. The maximum Gasteiger partial charge on any atom is 0.129 e. The topological polar surface area (TPSA) is 19.1 Å². The van der Waals surface area contributed by atoms with E-state index in [2.05, 4.69) is 204 Å². The number of allylic oxidation sites excluding steroid dienone is 4. The van der Waals surface area contributed by atoms with Crippen LogP contribution in [0.2, 0.25) is 0 Å². The highest BCUT2D eigenvalue weighted by Gasteiger charge is 2.19. The monoisotopic (exact) mass is 742 g/mol. The van der Waals surface area contributed by atoms with E-state index < -0.39 is 0 Å². The Kier molecular flexibility index (Phi) is 8.04. The summed E-state index contributed by atoms with van der Waals surface area (Å²) in [4.78, 5) is 0. The maximum absolute atomic E-state index is 6.60. The molecule has 0 spiro atoms. The SMILES string of the molecule is C=C1/C=C\C=C(\n2c3ccc(-c4ccccc4)cc3c3ccc(-c4ccc5c(c4)c4cc(-c6ccccc6)ccc4n5-c4ccccc4)cc32)COc2ccccc21. The first-order chi connectivity index (χ1) is 28.7. The van der Waals surface area contributed by atoms with Gasteiger partial charge in [-0.1, -0.05) is 146 Å². The van der Waals surface area contributed by atoms with Crippen molar-refractivity contribution in [2.45, 2.75) is 0 Å². The van der Waals surface area contributed by atoms with Gasteiger partial charge in [0.1, 0.15) is 12.4 Å². The highest BCUT2D eigenvalue weighted by molar-refractivity contribution is 6.14. The van der Waals surface area contributed by atoms with Crippen molar-refractivity contribution in [2.24, 2.45) is 0 Å². The minimum Gasteiger partial charge on any atom is -0.487 e. The minimum absolute atomic E-state index is 0.396. The Bertz CT molecular complexity index is 3270. The van der Waals surface area contributed by atoms with Crippen molar-refractivity contribution in [1.82, 2.24) is 9.13 Å². The average Bonchev–Trinajstić information content (AvgIpc) is 3.81. The lowest BCUT2D eigenvalue weighted by Gasteiger charge is -2.15. The van der Waals surface area contributed by atoms with Crippen LogP contribution in [0, 0.1) is 0 Å². The molecule has 0 bridgehead atoms. The van der Waals surface area contributed by atoms with Gasteiger partial charge < -0.3 is 13.9 Å². The van der Waals surface area contributed by atoms with Crippen LogP contribution in [0.25, 0.3) is 93.9 Å². The van der Waals surface area contributed by atoms with E-state index in [0.29, 0.717) is 6.61 Å². The van der Waals surface area contributed by atoms with E-state index >= 15 is 0 Å². The molecule has 0 N–H and O–H groups in total. The molecule has 10 aromatic rings. The van der Waals surface area contributed by atoms with Crippen molar-refractivity contribution in [3.8, 4) is 44.8 Å². The van der Waals surface area contributed by atoms with E-state index in [-0.39, 0.29) is 0 Å². The first-order valence-electron chi connectivity index (χ1n) is 19.8. The molecule has 0 saturated heterocycles. The number of para-hydroxylation sites is 2. The van der Waals surface area contributed by atoms with Crippen LogP contribution in [0.15, 0.2) is 213 Å². The molecule has 0 aliphatic carbocycles. The number of benzene rings is 8. The highest BCUT2D eigenvalue weighted by Crippen LogP contribution is 2.41. The van der Waals surface area contributed by atoms with E-state index in [1.54, 1.807) is 0 Å². The van der Waals surface area contributed by atoms with Crippen molar-refractivity contribution >= 4 is 54.9 Å². The zero-order valence-electron chi connectivity index (χ0n) is 31.8. The second-order valence-corrected chi connectivity index (χ2v) is 15.0. The molecule has 2 aromatic heterocycles. The average molecular weight is 743 g/mol. The van der Waals surface area contributed by atoms with Crippen LogP contribution in [0.1, 0.15) is 5.56 Å². The van der Waals surface area contributed by atoms with Gasteiger partial charge in [0, 0.05) is 32.8 Å². The third-order valence-electron chi connectivity index (χ3n) is 11.6. The molecule has 3 nitrogen and oxygen atoms in total. The number of rotatable bonds is 5. The molecular formula is C55H38N2O. The molecule has 58 heavy (non-hydrogen) atoms. The van der Waals surface area contributed by atoms with Gasteiger partial charge in [0.25, 0.3) is 0 Å². The predicted molar refractivity (Wildman–Crippen MR) is 244 cm³/mol. The Morgan fingerprint density at radius 1 is 0.414 bits per heavy atom. The summed E-state index contributed by atoms with van der Waals surface area (Å²) < 4.78 is 11.4. The molecule has 1 aliphatic heterocycles. The lowest BCUT2D eigenvalue weighted by Crippen LogP contribution is -2.08. The molecule has 1 aliphatic rings. The van der Waals surface area contributed by atoms with Gasteiger partial charge in [0.15, 0.2) is 0 Å². The van der Waals surface area contributed by atoms with E-state index in [9.17, 15) is 0 Å². The van der Waals surface area contributed by atoms with E-state index in [1.807, 2.05) is 18.2 Å². The van der Waals surface area contributed by atoms with Gasteiger partial charge in [0.05, 0.1) is 27.8 Å². The summed E-state index contributed by atoms with van der Waals surface area (Å²) in [5, 5.41) is 4.85. The summed E-state index contributed by atoms with van der Waals surface area (Å²) >= 11 is 0. The molecule has 274 valence electrons. The Hall–Kier alpha value is -7.62. The second-order valence-electron chi connectivity index (χ2n) is 15.0.